The minimum Gasteiger partial charge on any atom is -0.383 e. The standard InChI is InChI=1S/C14H26N4O2/c1-4-18(7-9-20-5-2)14-16-11-13(12-17-14)10-15-6-8-19-3/h11-12,15H,4-10H2,1-3H3. The van der Waals surface area contributed by atoms with Crippen LogP contribution in [-0.2, 0) is 16.0 Å². The van der Waals surface area contributed by atoms with E-state index in [1.807, 2.05) is 19.3 Å². The molecule has 0 amide bonds. The molecule has 1 N–H and O–H groups in total. The number of hydrogen-bond donors (Lipinski definition) is 1. The largest absolute Gasteiger partial charge is 0.383 e. The van der Waals surface area contributed by atoms with Crippen LogP contribution >= 0.6 is 0 Å². The maximum atomic E-state index is 5.37. The number of hydrogen-bond acceptors (Lipinski definition) is 6. The van der Waals surface area contributed by atoms with E-state index in [2.05, 4.69) is 27.1 Å². The first-order valence-corrected chi connectivity index (χ1v) is 7.15. The van der Waals surface area contributed by atoms with Crippen molar-refractivity contribution in [3.63, 3.8) is 0 Å². The highest BCUT2D eigenvalue weighted by Gasteiger charge is 2.07. The highest BCUT2D eigenvalue weighted by Crippen LogP contribution is 2.06. The lowest BCUT2D eigenvalue weighted by Crippen LogP contribution is -2.29. The molecule has 1 rings (SSSR count). The first kappa shape index (κ1) is 16.8. The predicted octanol–water partition coefficient (Wildman–Crippen LogP) is 1.08. The average Bonchev–Trinajstić information content (AvgIpc) is 2.49. The first-order chi connectivity index (χ1) is 9.81. The van der Waals surface area contributed by atoms with Gasteiger partial charge >= 0.3 is 0 Å². The zero-order valence-electron chi connectivity index (χ0n) is 12.8. The highest BCUT2D eigenvalue weighted by atomic mass is 16.5. The topological polar surface area (TPSA) is 59.5 Å². The Morgan fingerprint density at radius 2 is 1.95 bits per heavy atom. The summed E-state index contributed by atoms with van der Waals surface area (Å²) in [7, 11) is 1.70. The van der Waals surface area contributed by atoms with Crippen LogP contribution in [-0.4, -0.2) is 56.5 Å². The predicted molar refractivity (Wildman–Crippen MR) is 80.0 cm³/mol. The van der Waals surface area contributed by atoms with Crippen LogP contribution in [0.4, 0.5) is 5.95 Å². The molecule has 6 nitrogen and oxygen atoms in total. The molecule has 0 bridgehead atoms. The van der Waals surface area contributed by atoms with Crippen molar-refractivity contribution in [2.24, 2.45) is 0 Å². The van der Waals surface area contributed by atoms with E-state index >= 15 is 0 Å². The Balaban J connectivity index is 2.42. The molecule has 0 saturated heterocycles. The molecular weight excluding hydrogens is 256 g/mol. The summed E-state index contributed by atoms with van der Waals surface area (Å²) in [6, 6.07) is 0. The van der Waals surface area contributed by atoms with E-state index in [-0.39, 0.29) is 0 Å². The number of anilines is 1. The molecular formula is C14H26N4O2. The molecule has 0 unspecified atom stereocenters. The monoisotopic (exact) mass is 282 g/mol. The quantitative estimate of drug-likeness (QED) is 0.613. The number of likely N-dealkylation sites (N-methyl/N-ethyl adjacent to an activating group) is 1. The van der Waals surface area contributed by atoms with Gasteiger partial charge in [-0.3, -0.25) is 0 Å². The fourth-order valence-corrected chi connectivity index (χ4v) is 1.73. The molecule has 0 aliphatic heterocycles. The lowest BCUT2D eigenvalue weighted by molar-refractivity contribution is 0.153. The summed E-state index contributed by atoms with van der Waals surface area (Å²) < 4.78 is 10.3. The Morgan fingerprint density at radius 1 is 1.20 bits per heavy atom. The summed E-state index contributed by atoms with van der Waals surface area (Å²) in [5.74, 6) is 0.757. The van der Waals surface area contributed by atoms with Gasteiger partial charge in [-0.1, -0.05) is 0 Å². The smallest absolute Gasteiger partial charge is 0.225 e. The van der Waals surface area contributed by atoms with Crippen molar-refractivity contribution in [2.45, 2.75) is 20.4 Å². The molecule has 0 aromatic carbocycles. The third kappa shape index (κ3) is 6.27. The van der Waals surface area contributed by atoms with Gasteiger partial charge in [0.1, 0.15) is 0 Å². The van der Waals surface area contributed by atoms with E-state index in [1.165, 1.54) is 0 Å². The van der Waals surface area contributed by atoms with Crippen LogP contribution in [0.1, 0.15) is 19.4 Å². The molecule has 0 aliphatic rings. The van der Waals surface area contributed by atoms with Crippen LogP contribution in [0.2, 0.25) is 0 Å². The van der Waals surface area contributed by atoms with Crippen molar-refractivity contribution < 1.29 is 9.47 Å². The molecule has 0 fully saturated rings. The average molecular weight is 282 g/mol. The second-order valence-electron chi connectivity index (χ2n) is 4.34. The fourth-order valence-electron chi connectivity index (χ4n) is 1.73. The van der Waals surface area contributed by atoms with Gasteiger partial charge in [-0.05, 0) is 13.8 Å². The van der Waals surface area contributed by atoms with Crippen molar-refractivity contribution in [3.05, 3.63) is 18.0 Å². The van der Waals surface area contributed by atoms with Crippen molar-refractivity contribution in [1.29, 1.82) is 0 Å². The molecule has 0 radical (unpaired) electrons. The fraction of sp³-hybridized carbons (Fsp3) is 0.714. The summed E-state index contributed by atoms with van der Waals surface area (Å²) >= 11 is 0. The minimum absolute atomic E-state index is 0.702. The van der Waals surface area contributed by atoms with Crippen molar-refractivity contribution in [2.75, 3.05) is 51.5 Å². The zero-order chi connectivity index (χ0) is 14.6. The minimum atomic E-state index is 0.702. The van der Waals surface area contributed by atoms with Crippen molar-refractivity contribution >= 4 is 5.95 Å². The molecule has 1 aromatic rings. The lowest BCUT2D eigenvalue weighted by Gasteiger charge is -2.20. The van der Waals surface area contributed by atoms with E-state index in [0.717, 1.165) is 44.3 Å². The second-order valence-corrected chi connectivity index (χ2v) is 4.34. The summed E-state index contributed by atoms with van der Waals surface area (Å²) in [4.78, 5) is 10.9. The third-order valence-corrected chi connectivity index (χ3v) is 2.88. The molecule has 0 spiro atoms. The molecule has 0 saturated carbocycles. The number of nitrogens with one attached hydrogen (secondary N) is 1. The molecule has 20 heavy (non-hydrogen) atoms. The maximum absolute atomic E-state index is 5.37. The second kappa shape index (κ2) is 10.5. The molecule has 6 heteroatoms. The third-order valence-electron chi connectivity index (χ3n) is 2.88. The van der Waals surface area contributed by atoms with Crippen molar-refractivity contribution in [1.82, 2.24) is 15.3 Å². The summed E-state index contributed by atoms with van der Waals surface area (Å²) in [6.45, 7) is 9.52. The molecule has 0 atom stereocenters. The van der Waals surface area contributed by atoms with E-state index < -0.39 is 0 Å². The zero-order valence-corrected chi connectivity index (χ0v) is 12.8. The number of aromatic nitrogens is 2. The van der Waals surface area contributed by atoms with Gasteiger partial charge in [0.05, 0.1) is 13.2 Å². The van der Waals surface area contributed by atoms with Gasteiger partial charge in [-0.25, -0.2) is 9.97 Å². The summed E-state index contributed by atoms with van der Waals surface area (Å²) in [5.41, 5.74) is 1.07. The van der Waals surface area contributed by atoms with Crippen LogP contribution in [0.3, 0.4) is 0 Å². The van der Waals surface area contributed by atoms with Crippen molar-refractivity contribution in [3.8, 4) is 0 Å². The van der Waals surface area contributed by atoms with E-state index in [9.17, 15) is 0 Å². The van der Waals surface area contributed by atoms with Gasteiger partial charge in [0.15, 0.2) is 0 Å². The summed E-state index contributed by atoms with van der Waals surface area (Å²) in [6.07, 6.45) is 3.73. The number of rotatable bonds is 11. The Morgan fingerprint density at radius 3 is 2.55 bits per heavy atom. The van der Waals surface area contributed by atoms with Crippen LogP contribution in [0.25, 0.3) is 0 Å². The molecule has 1 aromatic heterocycles. The SMILES string of the molecule is CCOCCN(CC)c1ncc(CNCCOC)cn1. The van der Waals surface area contributed by atoms with Gasteiger partial charge in [0, 0.05) is 57.9 Å². The summed E-state index contributed by atoms with van der Waals surface area (Å²) in [5, 5.41) is 3.27. The molecule has 0 aliphatic carbocycles. The Labute approximate surface area is 121 Å². The van der Waals surface area contributed by atoms with E-state index in [0.29, 0.717) is 13.2 Å². The highest BCUT2D eigenvalue weighted by molar-refractivity contribution is 5.29. The molecule has 114 valence electrons. The Bertz CT molecular complexity index is 346. The van der Waals surface area contributed by atoms with Crippen LogP contribution < -0.4 is 10.2 Å². The normalized spacial score (nSPS) is 10.8. The Kier molecular flexibility index (Phi) is 8.86. The van der Waals surface area contributed by atoms with Crippen LogP contribution in [0.15, 0.2) is 12.4 Å². The Hall–Kier alpha value is -1.24. The maximum Gasteiger partial charge on any atom is 0.225 e. The van der Waals surface area contributed by atoms with Crippen LogP contribution in [0.5, 0.6) is 0 Å². The number of ether oxygens (including phenoxy) is 2. The number of methoxy groups -OCH3 is 1. The van der Waals surface area contributed by atoms with Gasteiger partial charge in [-0.2, -0.15) is 0 Å². The van der Waals surface area contributed by atoms with Gasteiger partial charge < -0.3 is 19.7 Å². The van der Waals surface area contributed by atoms with Gasteiger partial charge in [-0.15, -0.1) is 0 Å². The van der Waals surface area contributed by atoms with Gasteiger partial charge in [0.25, 0.3) is 0 Å². The van der Waals surface area contributed by atoms with E-state index in [1.54, 1.807) is 7.11 Å². The lowest BCUT2D eigenvalue weighted by atomic mass is 10.3. The molecule has 1 heterocycles. The first-order valence-electron chi connectivity index (χ1n) is 7.15. The van der Waals surface area contributed by atoms with Crippen LogP contribution in [0, 0.1) is 0 Å². The van der Waals surface area contributed by atoms with Gasteiger partial charge in [0.2, 0.25) is 5.95 Å². The van der Waals surface area contributed by atoms with E-state index in [4.69, 9.17) is 9.47 Å². The number of nitrogens with zero attached hydrogens (tertiary/aromatic N) is 3.